The van der Waals surface area contributed by atoms with Crippen LogP contribution in [0.1, 0.15) is 47.5 Å². The van der Waals surface area contributed by atoms with Crippen molar-refractivity contribution in [1.82, 2.24) is 5.32 Å². The number of carbonyl (C=O) groups excluding carboxylic acids is 1. The summed E-state index contributed by atoms with van der Waals surface area (Å²) < 4.78 is 4.99. The predicted octanol–water partition coefficient (Wildman–Crippen LogP) is 2.92. The number of carboxylic acids is 1. The van der Waals surface area contributed by atoms with Crippen molar-refractivity contribution < 1.29 is 19.4 Å². The second-order valence-electron chi connectivity index (χ2n) is 5.52. The molecule has 0 aromatic rings. The third-order valence-electron chi connectivity index (χ3n) is 1.96. The molecule has 0 fully saturated rings. The molecule has 5 nitrogen and oxygen atoms in total. The molecule has 0 spiro atoms. The van der Waals surface area contributed by atoms with Gasteiger partial charge in [0.05, 0.1) is 0 Å². The molecule has 5 heteroatoms. The van der Waals surface area contributed by atoms with Gasteiger partial charge in [-0.25, -0.2) is 9.59 Å². The van der Waals surface area contributed by atoms with Crippen LogP contribution in [0.3, 0.4) is 0 Å². The Bertz CT molecular complexity index is 326. The standard InChI is InChI=1S/C13H23NO4/c1-9(2)7-6-8-10(11(15)16)14-12(17)18-13(3,4)5/h8-9H,6-7H2,1-5H3,(H,14,17)(H,15,16)/b10-8-. The van der Waals surface area contributed by atoms with E-state index in [-0.39, 0.29) is 5.70 Å². The zero-order valence-electron chi connectivity index (χ0n) is 11.7. The fraction of sp³-hybridized carbons (Fsp3) is 0.692. The Morgan fingerprint density at radius 1 is 1.33 bits per heavy atom. The minimum atomic E-state index is -1.16. The molecule has 0 saturated carbocycles. The molecule has 1 amide bonds. The summed E-state index contributed by atoms with van der Waals surface area (Å²) in [6, 6.07) is 0. The minimum Gasteiger partial charge on any atom is -0.477 e. The van der Waals surface area contributed by atoms with Crippen LogP contribution in [-0.4, -0.2) is 22.8 Å². The normalized spacial score (nSPS) is 12.4. The van der Waals surface area contributed by atoms with E-state index in [1.807, 2.05) is 0 Å². The van der Waals surface area contributed by atoms with Crippen molar-refractivity contribution in [1.29, 1.82) is 0 Å². The van der Waals surface area contributed by atoms with E-state index >= 15 is 0 Å². The highest BCUT2D eigenvalue weighted by atomic mass is 16.6. The molecule has 0 heterocycles. The lowest BCUT2D eigenvalue weighted by molar-refractivity contribution is -0.133. The van der Waals surface area contributed by atoms with Crippen molar-refractivity contribution in [2.45, 2.75) is 53.1 Å². The Morgan fingerprint density at radius 2 is 1.89 bits per heavy atom. The Hall–Kier alpha value is -1.52. The van der Waals surface area contributed by atoms with Crippen LogP contribution in [0.15, 0.2) is 11.8 Å². The lowest BCUT2D eigenvalue weighted by atomic mass is 10.1. The first-order valence-electron chi connectivity index (χ1n) is 6.05. The van der Waals surface area contributed by atoms with Gasteiger partial charge < -0.3 is 9.84 Å². The molecule has 2 N–H and O–H groups in total. The molecule has 0 aliphatic heterocycles. The van der Waals surface area contributed by atoms with Crippen molar-refractivity contribution in [3.05, 3.63) is 11.8 Å². The number of rotatable bonds is 5. The minimum absolute atomic E-state index is 0.134. The second-order valence-corrected chi connectivity index (χ2v) is 5.52. The number of carbonyl (C=O) groups is 2. The van der Waals surface area contributed by atoms with Gasteiger partial charge in [0, 0.05) is 0 Å². The van der Waals surface area contributed by atoms with E-state index in [0.717, 1.165) is 6.42 Å². The van der Waals surface area contributed by atoms with E-state index in [0.29, 0.717) is 12.3 Å². The van der Waals surface area contributed by atoms with E-state index in [1.165, 1.54) is 6.08 Å². The molecular formula is C13H23NO4. The van der Waals surface area contributed by atoms with E-state index < -0.39 is 17.7 Å². The molecule has 0 unspecified atom stereocenters. The maximum absolute atomic E-state index is 11.4. The summed E-state index contributed by atoms with van der Waals surface area (Å²) in [6.07, 6.45) is 2.23. The molecule has 0 rings (SSSR count). The Kier molecular flexibility index (Phi) is 6.44. The Balaban J connectivity index is 4.45. The Morgan fingerprint density at radius 3 is 2.28 bits per heavy atom. The smallest absolute Gasteiger partial charge is 0.412 e. The number of aliphatic carboxylic acids is 1. The highest BCUT2D eigenvalue weighted by Crippen LogP contribution is 2.09. The summed E-state index contributed by atoms with van der Waals surface area (Å²) >= 11 is 0. The molecule has 0 aliphatic rings. The largest absolute Gasteiger partial charge is 0.477 e. The van der Waals surface area contributed by atoms with Crippen LogP contribution in [0, 0.1) is 5.92 Å². The number of hydrogen-bond acceptors (Lipinski definition) is 3. The van der Waals surface area contributed by atoms with Gasteiger partial charge in [0.1, 0.15) is 11.3 Å². The van der Waals surface area contributed by atoms with Crippen LogP contribution in [0.2, 0.25) is 0 Å². The van der Waals surface area contributed by atoms with E-state index in [9.17, 15) is 9.59 Å². The average molecular weight is 257 g/mol. The van der Waals surface area contributed by atoms with Crippen molar-refractivity contribution in [3.8, 4) is 0 Å². The first-order valence-corrected chi connectivity index (χ1v) is 6.05. The number of ether oxygens (including phenoxy) is 1. The van der Waals surface area contributed by atoms with Gasteiger partial charge in [-0.3, -0.25) is 5.32 Å². The lowest BCUT2D eigenvalue weighted by Crippen LogP contribution is -2.34. The quantitative estimate of drug-likeness (QED) is 0.742. The van der Waals surface area contributed by atoms with Crippen molar-refractivity contribution in [3.63, 3.8) is 0 Å². The number of hydrogen-bond donors (Lipinski definition) is 2. The molecule has 0 aliphatic carbocycles. The Labute approximate surface area is 108 Å². The van der Waals surface area contributed by atoms with Crippen LogP contribution in [-0.2, 0) is 9.53 Å². The van der Waals surface area contributed by atoms with Crippen LogP contribution in [0.5, 0.6) is 0 Å². The van der Waals surface area contributed by atoms with Gasteiger partial charge in [-0.2, -0.15) is 0 Å². The fourth-order valence-electron chi connectivity index (χ4n) is 1.17. The summed E-state index contributed by atoms with van der Waals surface area (Å²) in [5, 5.41) is 11.2. The van der Waals surface area contributed by atoms with E-state index in [4.69, 9.17) is 9.84 Å². The summed E-state index contributed by atoms with van der Waals surface area (Å²) in [6.45, 7) is 9.26. The molecule has 0 bridgehead atoms. The molecule has 18 heavy (non-hydrogen) atoms. The third kappa shape index (κ3) is 8.61. The van der Waals surface area contributed by atoms with Crippen LogP contribution in [0.4, 0.5) is 4.79 Å². The number of carboxylic acid groups (broad SMARTS) is 1. The number of amides is 1. The van der Waals surface area contributed by atoms with Crippen molar-refractivity contribution in [2.75, 3.05) is 0 Å². The molecule has 0 aromatic carbocycles. The van der Waals surface area contributed by atoms with Crippen LogP contribution >= 0.6 is 0 Å². The van der Waals surface area contributed by atoms with Crippen molar-refractivity contribution in [2.24, 2.45) is 5.92 Å². The van der Waals surface area contributed by atoms with Crippen LogP contribution < -0.4 is 5.32 Å². The molecule has 0 radical (unpaired) electrons. The number of allylic oxidation sites excluding steroid dienone is 1. The summed E-state index contributed by atoms with van der Waals surface area (Å²) in [5.41, 5.74) is -0.782. The maximum atomic E-state index is 11.4. The molecule has 104 valence electrons. The van der Waals surface area contributed by atoms with Gasteiger partial charge in [0.25, 0.3) is 0 Å². The van der Waals surface area contributed by atoms with E-state index in [1.54, 1.807) is 20.8 Å². The SMILES string of the molecule is CC(C)CC/C=C(\NC(=O)OC(C)(C)C)C(=O)O. The molecule has 0 atom stereocenters. The maximum Gasteiger partial charge on any atom is 0.412 e. The molecule has 0 saturated heterocycles. The zero-order chi connectivity index (χ0) is 14.3. The molecule has 0 aromatic heterocycles. The zero-order valence-corrected chi connectivity index (χ0v) is 11.7. The second kappa shape index (κ2) is 7.03. The number of nitrogens with one attached hydrogen (secondary N) is 1. The van der Waals surface area contributed by atoms with Gasteiger partial charge >= 0.3 is 12.1 Å². The topological polar surface area (TPSA) is 75.6 Å². The fourth-order valence-corrected chi connectivity index (χ4v) is 1.17. The van der Waals surface area contributed by atoms with Gasteiger partial charge in [-0.1, -0.05) is 19.9 Å². The first-order chi connectivity index (χ1) is 8.11. The van der Waals surface area contributed by atoms with Crippen molar-refractivity contribution >= 4 is 12.1 Å². The summed E-state index contributed by atoms with van der Waals surface area (Å²) in [7, 11) is 0. The number of alkyl carbamates (subject to hydrolysis) is 1. The average Bonchev–Trinajstić information content (AvgIpc) is 2.12. The van der Waals surface area contributed by atoms with Gasteiger partial charge in [0.2, 0.25) is 0 Å². The summed E-state index contributed by atoms with van der Waals surface area (Å²) in [5.74, 6) is -0.678. The first kappa shape index (κ1) is 16.5. The predicted molar refractivity (Wildman–Crippen MR) is 69.2 cm³/mol. The highest BCUT2D eigenvalue weighted by molar-refractivity contribution is 5.90. The van der Waals surface area contributed by atoms with E-state index in [2.05, 4.69) is 19.2 Å². The lowest BCUT2D eigenvalue weighted by Gasteiger charge is -2.19. The van der Waals surface area contributed by atoms with Crippen LogP contribution in [0.25, 0.3) is 0 Å². The highest BCUT2D eigenvalue weighted by Gasteiger charge is 2.18. The third-order valence-corrected chi connectivity index (χ3v) is 1.96. The summed E-state index contributed by atoms with van der Waals surface area (Å²) in [4.78, 5) is 22.4. The van der Waals surface area contributed by atoms with Gasteiger partial charge in [0.15, 0.2) is 0 Å². The monoisotopic (exact) mass is 257 g/mol. The van der Waals surface area contributed by atoms with Gasteiger partial charge in [-0.15, -0.1) is 0 Å². The molecular weight excluding hydrogens is 234 g/mol. The van der Waals surface area contributed by atoms with Gasteiger partial charge in [-0.05, 0) is 39.5 Å².